The molecule has 168 valence electrons. The van der Waals surface area contributed by atoms with E-state index in [2.05, 4.69) is 25.5 Å². The molecule has 0 atom stereocenters. The van der Waals surface area contributed by atoms with Crippen LogP contribution in [-0.2, 0) is 13.6 Å². The Hall–Kier alpha value is -4.54. The molecule has 4 rings (SSSR count). The van der Waals surface area contributed by atoms with E-state index in [1.807, 2.05) is 37.5 Å². The summed E-state index contributed by atoms with van der Waals surface area (Å²) >= 11 is 0. The van der Waals surface area contributed by atoms with Crippen LogP contribution in [0.5, 0.6) is 5.75 Å². The first-order valence-electron chi connectivity index (χ1n) is 10.1. The van der Waals surface area contributed by atoms with Gasteiger partial charge in [0.15, 0.2) is 11.6 Å². The number of aryl methyl sites for hydroxylation is 1. The van der Waals surface area contributed by atoms with Gasteiger partial charge in [-0.2, -0.15) is 10.2 Å². The molecule has 3 aromatic heterocycles. The number of nitrogens with one attached hydrogen (secondary N) is 1. The van der Waals surface area contributed by atoms with Gasteiger partial charge in [0.05, 0.1) is 37.4 Å². The number of carboxylic acid groups (broad SMARTS) is 1. The SMILES string of the molecule is Cn1cc(-c2ccc(=O)n(Cc3cccc(-c4ncc(OCCNC(=O)O)cn4)c3)n2)cn1. The molecule has 2 N–H and O–H groups in total. The van der Waals surface area contributed by atoms with Crippen LogP contribution >= 0.6 is 0 Å². The van der Waals surface area contributed by atoms with E-state index < -0.39 is 6.09 Å². The van der Waals surface area contributed by atoms with Crippen LogP contribution in [0, 0.1) is 0 Å². The van der Waals surface area contributed by atoms with Crippen molar-refractivity contribution < 1.29 is 14.6 Å². The molecule has 0 spiro atoms. The predicted molar refractivity (Wildman–Crippen MR) is 119 cm³/mol. The van der Waals surface area contributed by atoms with E-state index in [9.17, 15) is 9.59 Å². The van der Waals surface area contributed by atoms with Gasteiger partial charge < -0.3 is 15.2 Å². The Morgan fingerprint density at radius 1 is 1.12 bits per heavy atom. The number of benzene rings is 1. The summed E-state index contributed by atoms with van der Waals surface area (Å²) in [5.41, 5.74) is 2.94. The van der Waals surface area contributed by atoms with E-state index in [-0.39, 0.29) is 18.7 Å². The van der Waals surface area contributed by atoms with Crippen molar-refractivity contribution in [2.45, 2.75) is 6.54 Å². The summed E-state index contributed by atoms with van der Waals surface area (Å²) in [7, 11) is 1.82. The first-order valence-corrected chi connectivity index (χ1v) is 10.1. The third kappa shape index (κ3) is 5.58. The van der Waals surface area contributed by atoms with E-state index in [0.717, 1.165) is 16.7 Å². The van der Waals surface area contributed by atoms with Gasteiger partial charge in [0.1, 0.15) is 6.61 Å². The van der Waals surface area contributed by atoms with Gasteiger partial charge in [0, 0.05) is 30.4 Å². The van der Waals surface area contributed by atoms with Crippen LogP contribution < -0.4 is 15.6 Å². The van der Waals surface area contributed by atoms with Gasteiger partial charge in [-0.3, -0.25) is 9.48 Å². The summed E-state index contributed by atoms with van der Waals surface area (Å²) in [4.78, 5) is 31.4. The van der Waals surface area contributed by atoms with Crippen LogP contribution in [-0.4, -0.2) is 53.9 Å². The number of nitrogens with zero attached hydrogens (tertiary/aromatic N) is 6. The molecule has 1 amide bonds. The van der Waals surface area contributed by atoms with Crippen molar-refractivity contribution in [2.24, 2.45) is 7.05 Å². The number of carbonyl (C=O) groups is 1. The highest BCUT2D eigenvalue weighted by atomic mass is 16.5. The van der Waals surface area contributed by atoms with Crippen molar-refractivity contribution in [1.82, 2.24) is 34.8 Å². The van der Waals surface area contributed by atoms with Crippen molar-refractivity contribution in [2.75, 3.05) is 13.2 Å². The molecule has 4 aromatic rings. The standard InChI is InChI=1S/C22H21N7O4/c1-28-14-17(10-26-28)19-5-6-20(30)29(27-19)13-15-3-2-4-16(9-15)21-24-11-18(12-25-21)33-8-7-23-22(31)32/h2-6,9-12,14,23H,7-8,13H2,1H3,(H,31,32). The first kappa shape index (κ1) is 21.7. The molecule has 0 fully saturated rings. The maximum Gasteiger partial charge on any atom is 0.404 e. The zero-order valence-electron chi connectivity index (χ0n) is 17.8. The maximum atomic E-state index is 12.4. The van der Waals surface area contributed by atoms with Crippen molar-refractivity contribution in [1.29, 1.82) is 0 Å². The largest absolute Gasteiger partial charge is 0.489 e. The van der Waals surface area contributed by atoms with Gasteiger partial charge in [-0.1, -0.05) is 18.2 Å². The van der Waals surface area contributed by atoms with Crippen LogP contribution in [0.25, 0.3) is 22.6 Å². The van der Waals surface area contributed by atoms with Crippen LogP contribution in [0.3, 0.4) is 0 Å². The number of hydrogen-bond donors (Lipinski definition) is 2. The fraction of sp³-hybridized carbons (Fsp3) is 0.182. The quantitative estimate of drug-likeness (QED) is 0.390. The molecule has 0 aliphatic rings. The third-order valence-electron chi connectivity index (χ3n) is 4.66. The Kier molecular flexibility index (Phi) is 6.39. The number of ether oxygens (including phenoxy) is 1. The molecule has 0 aliphatic carbocycles. The van der Waals surface area contributed by atoms with Crippen LogP contribution in [0.15, 0.2) is 66.0 Å². The predicted octanol–water partition coefficient (Wildman–Crippen LogP) is 1.80. The van der Waals surface area contributed by atoms with Gasteiger partial charge in [0.25, 0.3) is 5.56 Å². The second kappa shape index (κ2) is 9.73. The van der Waals surface area contributed by atoms with Crippen molar-refractivity contribution >= 4 is 6.09 Å². The highest BCUT2D eigenvalue weighted by molar-refractivity contribution is 5.64. The average Bonchev–Trinajstić information content (AvgIpc) is 3.25. The van der Waals surface area contributed by atoms with Gasteiger partial charge in [-0.15, -0.1) is 0 Å². The van der Waals surface area contributed by atoms with E-state index in [0.29, 0.717) is 23.8 Å². The fourth-order valence-electron chi connectivity index (χ4n) is 3.12. The molecular formula is C22H21N7O4. The number of hydrogen-bond acceptors (Lipinski definition) is 7. The minimum Gasteiger partial charge on any atom is -0.489 e. The summed E-state index contributed by atoms with van der Waals surface area (Å²) < 4.78 is 8.50. The average molecular weight is 447 g/mol. The highest BCUT2D eigenvalue weighted by Crippen LogP contribution is 2.19. The zero-order chi connectivity index (χ0) is 23.2. The topological polar surface area (TPSA) is 137 Å². The van der Waals surface area contributed by atoms with Crippen LogP contribution in [0.4, 0.5) is 4.79 Å². The van der Waals surface area contributed by atoms with Gasteiger partial charge >= 0.3 is 6.09 Å². The third-order valence-corrected chi connectivity index (χ3v) is 4.66. The Bertz CT molecular complexity index is 1310. The maximum absolute atomic E-state index is 12.4. The Morgan fingerprint density at radius 2 is 1.94 bits per heavy atom. The number of rotatable bonds is 8. The normalized spacial score (nSPS) is 10.7. The van der Waals surface area contributed by atoms with Crippen molar-refractivity contribution in [3.05, 3.63) is 77.1 Å². The molecule has 0 saturated heterocycles. The van der Waals surface area contributed by atoms with Crippen molar-refractivity contribution in [3.8, 4) is 28.4 Å². The van der Waals surface area contributed by atoms with Gasteiger partial charge in [-0.05, 0) is 17.7 Å². The van der Waals surface area contributed by atoms with E-state index in [4.69, 9.17) is 9.84 Å². The summed E-state index contributed by atoms with van der Waals surface area (Å²) in [5.74, 6) is 0.933. The fourth-order valence-corrected chi connectivity index (χ4v) is 3.12. The van der Waals surface area contributed by atoms with Gasteiger partial charge in [-0.25, -0.2) is 19.4 Å². The van der Waals surface area contributed by atoms with Crippen LogP contribution in [0.1, 0.15) is 5.56 Å². The molecule has 0 unspecified atom stereocenters. The minimum atomic E-state index is -1.11. The molecular weight excluding hydrogens is 426 g/mol. The molecule has 11 nitrogen and oxygen atoms in total. The molecule has 0 radical (unpaired) electrons. The zero-order valence-corrected chi connectivity index (χ0v) is 17.8. The van der Waals surface area contributed by atoms with Gasteiger partial charge in [0.2, 0.25) is 0 Å². The summed E-state index contributed by atoms with van der Waals surface area (Å²) in [5, 5.41) is 19.4. The lowest BCUT2D eigenvalue weighted by atomic mass is 10.1. The molecule has 33 heavy (non-hydrogen) atoms. The van der Waals surface area contributed by atoms with E-state index in [1.54, 1.807) is 16.9 Å². The van der Waals surface area contributed by atoms with E-state index in [1.165, 1.54) is 23.1 Å². The highest BCUT2D eigenvalue weighted by Gasteiger charge is 2.08. The number of amides is 1. The Morgan fingerprint density at radius 3 is 2.67 bits per heavy atom. The lowest BCUT2D eigenvalue weighted by Gasteiger charge is -2.09. The smallest absolute Gasteiger partial charge is 0.404 e. The van der Waals surface area contributed by atoms with Crippen LogP contribution in [0.2, 0.25) is 0 Å². The monoisotopic (exact) mass is 447 g/mol. The summed E-state index contributed by atoms with van der Waals surface area (Å²) in [6.07, 6.45) is 5.49. The molecule has 3 heterocycles. The molecule has 0 aliphatic heterocycles. The first-order chi connectivity index (χ1) is 16.0. The minimum absolute atomic E-state index is 0.161. The second-order valence-electron chi connectivity index (χ2n) is 7.14. The molecule has 0 saturated carbocycles. The Balaban J connectivity index is 1.47. The molecule has 1 aromatic carbocycles. The lowest BCUT2D eigenvalue weighted by Crippen LogP contribution is -2.26. The van der Waals surface area contributed by atoms with Crippen molar-refractivity contribution in [3.63, 3.8) is 0 Å². The van der Waals surface area contributed by atoms with E-state index >= 15 is 0 Å². The Labute approximate surface area is 188 Å². The second-order valence-corrected chi connectivity index (χ2v) is 7.14. The lowest BCUT2D eigenvalue weighted by molar-refractivity contribution is 0.191. The molecule has 11 heteroatoms. The summed E-state index contributed by atoms with van der Waals surface area (Å²) in [6.45, 7) is 0.622. The summed E-state index contributed by atoms with van der Waals surface area (Å²) in [6, 6.07) is 10.7. The molecule has 0 bridgehead atoms. The number of aromatic nitrogens is 6.